The molecule has 25 heavy (non-hydrogen) atoms. The summed E-state index contributed by atoms with van der Waals surface area (Å²) in [5, 5.41) is 10.3. The van der Waals surface area contributed by atoms with Crippen LogP contribution in [0.5, 0.6) is 11.5 Å². The first-order valence-corrected chi connectivity index (χ1v) is 8.72. The molecule has 1 saturated carbocycles. The third-order valence-corrected chi connectivity index (χ3v) is 4.84. The minimum Gasteiger partial charge on any atom is -0.493 e. The normalized spacial score (nSPS) is 15.0. The molecule has 0 bridgehead atoms. The Balaban J connectivity index is 1.88. The summed E-state index contributed by atoms with van der Waals surface area (Å²) in [4.78, 5) is 12.6. The van der Waals surface area contributed by atoms with E-state index >= 15 is 0 Å². The Kier molecular flexibility index (Phi) is 5.26. The number of ether oxygens (including phenoxy) is 2. The van der Waals surface area contributed by atoms with E-state index < -0.39 is 0 Å². The molecule has 3 rings (SSSR count). The molecular formula is C19H25N3O3. The van der Waals surface area contributed by atoms with E-state index in [1.807, 2.05) is 25.1 Å². The Morgan fingerprint density at radius 1 is 1.16 bits per heavy atom. The third-order valence-electron chi connectivity index (χ3n) is 4.84. The average Bonchev–Trinajstić information content (AvgIpc) is 3.02. The molecule has 0 radical (unpaired) electrons. The van der Waals surface area contributed by atoms with E-state index in [1.54, 1.807) is 14.2 Å². The van der Waals surface area contributed by atoms with Gasteiger partial charge in [0.25, 0.3) is 0 Å². The van der Waals surface area contributed by atoms with Gasteiger partial charge in [-0.05, 0) is 37.5 Å². The molecule has 1 fully saturated rings. The number of methoxy groups -OCH3 is 2. The Morgan fingerprint density at radius 2 is 1.88 bits per heavy atom. The molecular weight excluding hydrogens is 318 g/mol. The first-order valence-electron chi connectivity index (χ1n) is 8.72. The maximum atomic E-state index is 12.6. The molecule has 1 aromatic heterocycles. The molecule has 0 aliphatic heterocycles. The minimum atomic E-state index is 0.0629. The largest absolute Gasteiger partial charge is 0.493 e. The molecule has 0 atom stereocenters. The number of anilines is 1. The topological polar surface area (TPSA) is 76.2 Å². The standard InChI is InChI=1S/C19H25N3O3/c1-12-17(14-9-10-15(24-2)16(11-14)25-3)18(22-21-12)20-19(23)13-7-5-4-6-8-13/h9-11,13H,4-8H2,1-3H3,(H2,20,21,22,23). The monoisotopic (exact) mass is 343 g/mol. The van der Waals surface area contributed by atoms with E-state index in [4.69, 9.17) is 9.47 Å². The van der Waals surface area contributed by atoms with Crippen molar-refractivity contribution >= 4 is 11.7 Å². The van der Waals surface area contributed by atoms with Gasteiger partial charge in [0.1, 0.15) is 0 Å². The number of amides is 1. The molecule has 1 aliphatic carbocycles. The lowest BCUT2D eigenvalue weighted by molar-refractivity contribution is -0.120. The third kappa shape index (κ3) is 3.62. The number of aromatic amines is 1. The van der Waals surface area contributed by atoms with E-state index in [0.29, 0.717) is 17.3 Å². The molecule has 2 N–H and O–H groups in total. The summed E-state index contributed by atoms with van der Waals surface area (Å²) in [6.45, 7) is 1.94. The van der Waals surface area contributed by atoms with Crippen molar-refractivity contribution in [1.82, 2.24) is 10.2 Å². The molecule has 134 valence electrons. The average molecular weight is 343 g/mol. The van der Waals surface area contributed by atoms with Crippen LogP contribution in [0, 0.1) is 12.8 Å². The van der Waals surface area contributed by atoms with E-state index in [9.17, 15) is 4.79 Å². The summed E-state index contributed by atoms with van der Waals surface area (Å²) >= 11 is 0. The highest BCUT2D eigenvalue weighted by molar-refractivity contribution is 5.96. The van der Waals surface area contributed by atoms with Crippen LogP contribution in [-0.2, 0) is 4.79 Å². The van der Waals surface area contributed by atoms with Gasteiger partial charge in [-0.2, -0.15) is 5.10 Å². The van der Waals surface area contributed by atoms with Crippen molar-refractivity contribution in [3.63, 3.8) is 0 Å². The van der Waals surface area contributed by atoms with E-state index in [2.05, 4.69) is 15.5 Å². The highest BCUT2D eigenvalue weighted by Crippen LogP contribution is 2.36. The number of carbonyl (C=O) groups excluding carboxylic acids is 1. The fourth-order valence-corrected chi connectivity index (χ4v) is 3.45. The van der Waals surface area contributed by atoms with Gasteiger partial charge in [-0.3, -0.25) is 9.89 Å². The molecule has 1 aromatic carbocycles. The second-order valence-electron chi connectivity index (χ2n) is 6.47. The van der Waals surface area contributed by atoms with E-state index in [-0.39, 0.29) is 11.8 Å². The van der Waals surface area contributed by atoms with Gasteiger partial charge in [0.15, 0.2) is 17.3 Å². The van der Waals surface area contributed by atoms with Crippen molar-refractivity contribution < 1.29 is 14.3 Å². The van der Waals surface area contributed by atoms with E-state index in [1.165, 1.54) is 6.42 Å². The zero-order valence-corrected chi connectivity index (χ0v) is 15.0. The summed E-state index contributed by atoms with van der Waals surface area (Å²) < 4.78 is 10.7. The maximum absolute atomic E-state index is 12.6. The van der Waals surface area contributed by atoms with Crippen LogP contribution in [0.3, 0.4) is 0 Å². The van der Waals surface area contributed by atoms with Crippen LogP contribution in [-0.4, -0.2) is 30.3 Å². The zero-order valence-electron chi connectivity index (χ0n) is 15.0. The Bertz CT molecular complexity index is 748. The first kappa shape index (κ1) is 17.3. The lowest BCUT2D eigenvalue weighted by atomic mass is 9.88. The molecule has 0 unspecified atom stereocenters. The van der Waals surface area contributed by atoms with Crippen LogP contribution in [0.15, 0.2) is 18.2 Å². The van der Waals surface area contributed by atoms with Gasteiger partial charge in [0, 0.05) is 17.2 Å². The highest BCUT2D eigenvalue weighted by Gasteiger charge is 2.24. The van der Waals surface area contributed by atoms with Gasteiger partial charge in [-0.15, -0.1) is 0 Å². The van der Waals surface area contributed by atoms with Crippen molar-refractivity contribution in [1.29, 1.82) is 0 Å². The number of aryl methyl sites for hydroxylation is 1. The first-order chi connectivity index (χ1) is 12.1. The minimum absolute atomic E-state index is 0.0629. The van der Waals surface area contributed by atoms with Gasteiger partial charge >= 0.3 is 0 Å². The van der Waals surface area contributed by atoms with Crippen molar-refractivity contribution in [2.24, 2.45) is 5.92 Å². The predicted molar refractivity (Wildman–Crippen MR) is 97.1 cm³/mol. The van der Waals surface area contributed by atoms with Gasteiger partial charge < -0.3 is 14.8 Å². The number of nitrogens with zero attached hydrogens (tertiary/aromatic N) is 1. The Morgan fingerprint density at radius 3 is 2.56 bits per heavy atom. The van der Waals surface area contributed by atoms with Gasteiger partial charge in [-0.25, -0.2) is 0 Å². The summed E-state index contributed by atoms with van der Waals surface area (Å²) in [6, 6.07) is 5.69. The smallest absolute Gasteiger partial charge is 0.228 e. The van der Waals surface area contributed by atoms with E-state index in [0.717, 1.165) is 42.5 Å². The van der Waals surface area contributed by atoms with Crippen LogP contribution in [0.25, 0.3) is 11.1 Å². The van der Waals surface area contributed by atoms with Crippen LogP contribution < -0.4 is 14.8 Å². The number of benzene rings is 1. The molecule has 1 amide bonds. The van der Waals surface area contributed by atoms with Crippen molar-refractivity contribution in [3.8, 4) is 22.6 Å². The van der Waals surface area contributed by atoms with Gasteiger partial charge in [0.05, 0.1) is 14.2 Å². The molecule has 6 heteroatoms. The maximum Gasteiger partial charge on any atom is 0.228 e. The quantitative estimate of drug-likeness (QED) is 0.863. The fraction of sp³-hybridized carbons (Fsp3) is 0.474. The fourth-order valence-electron chi connectivity index (χ4n) is 3.45. The molecule has 1 aliphatic rings. The Hall–Kier alpha value is -2.50. The Labute approximate surface area is 147 Å². The predicted octanol–water partition coefficient (Wildman–Crippen LogP) is 3.92. The zero-order chi connectivity index (χ0) is 17.8. The van der Waals surface area contributed by atoms with Gasteiger partial charge in [0.2, 0.25) is 5.91 Å². The molecule has 1 heterocycles. The highest BCUT2D eigenvalue weighted by atomic mass is 16.5. The number of hydrogen-bond acceptors (Lipinski definition) is 4. The van der Waals surface area contributed by atoms with Crippen LogP contribution in [0.1, 0.15) is 37.8 Å². The number of H-pyrrole nitrogens is 1. The number of carbonyl (C=O) groups is 1. The van der Waals surface area contributed by atoms with Crippen LogP contribution in [0.4, 0.5) is 5.82 Å². The number of rotatable bonds is 5. The molecule has 6 nitrogen and oxygen atoms in total. The lowest BCUT2D eigenvalue weighted by Gasteiger charge is -2.20. The molecule has 2 aromatic rings. The number of hydrogen-bond donors (Lipinski definition) is 2. The molecule has 0 spiro atoms. The van der Waals surface area contributed by atoms with Crippen LogP contribution in [0.2, 0.25) is 0 Å². The SMILES string of the molecule is COc1ccc(-c2c(NC(=O)C3CCCCC3)n[nH]c2C)cc1OC. The second kappa shape index (κ2) is 7.59. The van der Waals surface area contributed by atoms with Crippen molar-refractivity contribution in [2.45, 2.75) is 39.0 Å². The van der Waals surface area contributed by atoms with Crippen LogP contribution >= 0.6 is 0 Å². The van der Waals surface area contributed by atoms with Crippen molar-refractivity contribution in [3.05, 3.63) is 23.9 Å². The summed E-state index contributed by atoms with van der Waals surface area (Å²) in [5.41, 5.74) is 2.69. The van der Waals surface area contributed by atoms with Crippen molar-refractivity contribution in [2.75, 3.05) is 19.5 Å². The number of nitrogens with one attached hydrogen (secondary N) is 2. The summed E-state index contributed by atoms with van der Waals surface area (Å²) in [7, 11) is 3.21. The second-order valence-corrected chi connectivity index (χ2v) is 6.47. The number of aromatic nitrogens is 2. The summed E-state index contributed by atoms with van der Waals surface area (Å²) in [6.07, 6.45) is 5.39. The lowest BCUT2D eigenvalue weighted by Crippen LogP contribution is -2.25. The summed E-state index contributed by atoms with van der Waals surface area (Å²) in [5.74, 6) is 2.03. The van der Waals surface area contributed by atoms with Gasteiger partial charge in [-0.1, -0.05) is 25.3 Å². The molecule has 0 saturated heterocycles.